The van der Waals surface area contributed by atoms with Crippen LogP contribution >= 0.6 is 0 Å². The van der Waals surface area contributed by atoms with Gasteiger partial charge in [-0.25, -0.2) is 19.9 Å². The molecule has 101 heavy (non-hydrogen) atoms. The van der Waals surface area contributed by atoms with Crippen LogP contribution in [0.2, 0.25) is 0 Å². The molecule has 0 saturated carbocycles. The fraction of sp³-hybridized carbons (Fsp3) is 0. The number of rotatable bonds is 10. The zero-order valence-electron chi connectivity index (χ0n) is 54.0. The number of nitrogens with zero attached hydrogens (tertiary/aromatic N) is 12. The average Bonchev–Trinajstić information content (AvgIpc) is 1.60. The molecule has 21 rings (SSSR count). The number of hydrogen-bond acceptors (Lipinski definition) is 7. The highest BCUT2D eigenvalue weighted by Crippen LogP contribution is 2.42. The van der Waals surface area contributed by atoms with Gasteiger partial charge in [-0.2, -0.15) is 9.97 Å². The van der Waals surface area contributed by atoms with Crippen LogP contribution in [0.5, 0.6) is 0 Å². The monoisotopic (exact) mass is 1290 g/mol. The van der Waals surface area contributed by atoms with Gasteiger partial charge in [0.1, 0.15) is 17.5 Å². The summed E-state index contributed by atoms with van der Waals surface area (Å²) in [5.41, 5.74) is 19.0. The molecular formula is C89H54N12. The Balaban J connectivity index is 0.731. The summed E-state index contributed by atoms with van der Waals surface area (Å²) in [6.07, 6.45) is 3.76. The highest BCUT2D eigenvalue weighted by molar-refractivity contribution is 6.14. The minimum absolute atomic E-state index is 0.544. The molecule has 0 radical (unpaired) electrons. The van der Waals surface area contributed by atoms with Gasteiger partial charge in [-0.05, 0) is 120 Å². The Hall–Kier alpha value is -14.0. The summed E-state index contributed by atoms with van der Waals surface area (Å²) in [5.74, 6) is 3.38. The Morgan fingerprint density at radius 3 is 0.950 bits per heavy atom. The van der Waals surface area contributed by atoms with Crippen molar-refractivity contribution in [3.8, 4) is 85.6 Å². The lowest BCUT2D eigenvalue weighted by atomic mass is 10.0. The van der Waals surface area contributed by atoms with E-state index in [0.29, 0.717) is 11.9 Å². The molecule has 12 heteroatoms. The fourth-order valence-electron chi connectivity index (χ4n) is 15.6. The zero-order valence-corrected chi connectivity index (χ0v) is 54.0. The van der Waals surface area contributed by atoms with Gasteiger partial charge >= 0.3 is 0 Å². The van der Waals surface area contributed by atoms with Crippen LogP contribution in [0.15, 0.2) is 328 Å². The third-order valence-corrected chi connectivity index (χ3v) is 20.1. The molecule has 11 aromatic carbocycles. The molecule has 0 aliphatic rings. The van der Waals surface area contributed by atoms with Gasteiger partial charge in [0, 0.05) is 95.1 Å². The molecule has 21 aromatic rings. The van der Waals surface area contributed by atoms with Gasteiger partial charge < -0.3 is 0 Å². The first-order valence-electron chi connectivity index (χ1n) is 33.9. The molecule has 0 aliphatic carbocycles. The lowest BCUT2D eigenvalue weighted by molar-refractivity contribution is 0.951. The Morgan fingerprint density at radius 2 is 0.525 bits per heavy atom. The first kappa shape index (κ1) is 56.2. The van der Waals surface area contributed by atoms with Crippen LogP contribution in [0.25, 0.3) is 195 Å². The van der Waals surface area contributed by atoms with Crippen molar-refractivity contribution in [1.82, 2.24) is 57.7 Å². The number of fused-ring (bicyclic) bond motifs is 15. The maximum Gasteiger partial charge on any atom is 0.237 e. The molecule has 0 amide bonds. The molecule has 10 aromatic heterocycles. The van der Waals surface area contributed by atoms with Crippen LogP contribution < -0.4 is 0 Å². The molecule has 0 N–H and O–H groups in total. The number of benzene rings is 11. The van der Waals surface area contributed by atoms with E-state index in [1.54, 1.807) is 0 Å². The Labute approximate surface area is 576 Å². The van der Waals surface area contributed by atoms with Crippen molar-refractivity contribution in [3.63, 3.8) is 0 Å². The third kappa shape index (κ3) is 8.85. The Kier molecular flexibility index (Phi) is 12.4. The maximum atomic E-state index is 5.65. The lowest BCUT2D eigenvalue weighted by Gasteiger charge is -2.15. The minimum Gasteiger partial charge on any atom is -0.294 e. The SMILES string of the molecule is c1ccc(-c2cc(-c3cc(-n4c5ccccc5c5cc(-c6ccc7c(c6)c6ccccc6n7-c6nc(-c7ccc(-n8c9ccccc9c9ccccc98)nc7)cc(-n7c8ccccc8c8ccccc87)n6)ccc54)nc(-n4c5ccccc5c5ccccc54)n3)cc(-c3ccccn3)n2)cc1. The van der Waals surface area contributed by atoms with E-state index in [9.17, 15) is 0 Å². The van der Waals surface area contributed by atoms with E-state index in [1.165, 1.54) is 10.8 Å². The van der Waals surface area contributed by atoms with Crippen molar-refractivity contribution in [2.75, 3.05) is 0 Å². The molecule has 0 fully saturated rings. The standard InChI is InChI=1S/C89H54N12/c1-2-22-55(23-3-1)71-50-59(51-74(92-71)70-32-20-21-47-90-70)73-53-87(96-89(94-73)100-80-38-17-8-28-64(80)65-29-9-18-39-81(65)100)99-79-37-16-10-30-66(79)68-48-56(41-44-83(68)99)57-42-45-84-69(49-57)67-31-11-19-40-82(67)101(84)88-93-72(52-86(95-88)98-77-35-14-6-26-62(77)63-27-7-15-36-78(63)98)58-43-46-85(91-54-58)97-75-33-12-4-24-60(75)61-25-5-13-34-76(61)97/h1-54H. The van der Waals surface area contributed by atoms with E-state index < -0.39 is 0 Å². The van der Waals surface area contributed by atoms with E-state index in [2.05, 4.69) is 302 Å². The van der Waals surface area contributed by atoms with E-state index >= 15 is 0 Å². The topological polar surface area (TPSA) is 115 Å². The van der Waals surface area contributed by atoms with Crippen LogP contribution in [0.3, 0.4) is 0 Å². The first-order valence-corrected chi connectivity index (χ1v) is 33.9. The molecule has 0 saturated heterocycles. The van der Waals surface area contributed by atoms with E-state index in [1.807, 2.05) is 48.8 Å². The molecule has 0 bridgehead atoms. The number of hydrogen-bond donors (Lipinski definition) is 0. The van der Waals surface area contributed by atoms with Gasteiger partial charge in [-0.1, -0.05) is 194 Å². The zero-order chi connectivity index (χ0) is 66.2. The Bertz CT molecular complexity index is 6740. The van der Waals surface area contributed by atoms with Crippen LogP contribution in [0, 0.1) is 0 Å². The second-order valence-electron chi connectivity index (χ2n) is 25.7. The second-order valence-corrected chi connectivity index (χ2v) is 25.7. The molecular weight excluding hydrogens is 1240 g/mol. The summed E-state index contributed by atoms with van der Waals surface area (Å²) in [7, 11) is 0. The van der Waals surface area contributed by atoms with Gasteiger partial charge in [0.05, 0.1) is 83.6 Å². The van der Waals surface area contributed by atoms with Gasteiger partial charge in [-0.3, -0.25) is 27.8 Å². The molecule has 470 valence electrons. The molecule has 10 heterocycles. The second kappa shape index (κ2) is 22.3. The average molecular weight is 1290 g/mol. The van der Waals surface area contributed by atoms with Crippen LogP contribution in [0.4, 0.5) is 0 Å². The maximum absolute atomic E-state index is 5.65. The number of pyridine rings is 3. The largest absolute Gasteiger partial charge is 0.294 e. The van der Waals surface area contributed by atoms with E-state index in [0.717, 1.165) is 172 Å². The predicted molar refractivity (Wildman–Crippen MR) is 410 cm³/mol. The van der Waals surface area contributed by atoms with Gasteiger partial charge in [0.15, 0.2) is 0 Å². The van der Waals surface area contributed by atoms with Crippen molar-refractivity contribution in [2.45, 2.75) is 0 Å². The molecule has 0 atom stereocenters. The highest BCUT2D eigenvalue weighted by atomic mass is 15.2. The lowest BCUT2D eigenvalue weighted by Crippen LogP contribution is -2.07. The molecule has 12 nitrogen and oxygen atoms in total. The predicted octanol–water partition coefficient (Wildman–Crippen LogP) is 21.3. The summed E-state index contributed by atoms with van der Waals surface area (Å²) in [5, 5.41) is 11.3. The van der Waals surface area contributed by atoms with Gasteiger partial charge in [-0.15, -0.1) is 0 Å². The van der Waals surface area contributed by atoms with Crippen LogP contribution in [-0.2, 0) is 0 Å². The molecule has 0 aliphatic heterocycles. The van der Waals surface area contributed by atoms with Gasteiger partial charge in [0.25, 0.3) is 0 Å². The summed E-state index contributed by atoms with van der Waals surface area (Å²) in [6, 6.07) is 111. The summed E-state index contributed by atoms with van der Waals surface area (Å²) < 4.78 is 11.2. The van der Waals surface area contributed by atoms with Crippen LogP contribution in [-0.4, -0.2) is 57.7 Å². The van der Waals surface area contributed by atoms with Crippen molar-refractivity contribution in [2.24, 2.45) is 0 Å². The van der Waals surface area contributed by atoms with Crippen molar-refractivity contribution < 1.29 is 0 Å². The molecule has 0 unspecified atom stereocenters. The van der Waals surface area contributed by atoms with E-state index in [-0.39, 0.29) is 0 Å². The number of aromatic nitrogens is 12. The summed E-state index contributed by atoms with van der Waals surface area (Å²) in [4.78, 5) is 37.6. The fourth-order valence-corrected chi connectivity index (χ4v) is 15.6. The smallest absolute Gasteiger partial charge is 0.237 e. The van der Waals surface area contributed by atoms with Gasteiger partial charge in [0.2, 0.25) is 11.9 Å². The normalized spacial score (nSPS) is 12.0. The van der Waals surface area contributed by atoms with E-state index in [4.69, 9.17) is 34.9 Å². The quantitative estimate of drug-likeness (QED) is 0.134. The highest BCUT2D eigenvalue weighted by Gasteiger charge is 2.25. The van der Waals surface area contributed by atoms with Crippen molar-refractivity contribution in [1.29, 1.82) is 0 Å². The summed E-state index contributed by atoms with van der Waals surface area (Å²) >= 11 is 0. The molecule has 0 spiro atoms. The van der Waals surface area contributed by atoms with Crippen LogP contribution in [0.1, 0.15) is 0 Å². The summed E-state index contributed by atoms with van der Waals surface area (Å²) in [6.45, 7) is 0. The third-order valence-electron chi connectivity index (χ3n) is 20.1. The Morgan fingerprint density at radius 1 is 0.178 bits per heavy atom. The van der Waals surface area contributed by atoms with Crippen molar-refractivity contribution >= 4 is 109 Å². The van der Waals surface area contributed by atoms with Crippen molar-refractivity contribution in [3.05, 3.63) is 328 Å². The number of para-hydroxylation sites is 8. The minimum atomic E-state index is 0.544. The first-order chi connectivity index (χ1) is 50.1.